The summed E-state index contributed by atoms with van der Waals surface area (Å²) < 4.78 is 116. The number of cyclic esters (lactones) is 1. The molecule has 10 aliphatic carbocycles. The Hall–Kier alpha value is -5.59. The van der Waals surface area contributed by atoms with Crippen molar-refractivity contribution in [2.45, 2.75) is 353 Å². The second-order valence-corrected chi connectivity index (χ2v) is 44.4. The topological polar surface area (TPSA) is 254 Å². The quantitative estimate of drug-likeness (QED) is 0.0231. The highest BCUT2D eigenvalue weighted by atomic mass is 32.2. The van der Waals surface area contributed by atoms with Gasteiger partial charge in [0, 0.05) is 18.8 Å². The maximum atomic E-state index is 13.3. The first-order chi connectivity index (χ1) is 53.0. The molecule has 14 rings (SSSR count). The van der Waals surface area contributed by atoms with Gasteiger partial charge in [-0.05, 0) is 264 Å². The zero-order chi connectivity index (χ0) is 85.7. The van der Waals surface area contributed by atoms with E-state index in [1.54, 1.807) is 13.8 Å². The number of benzene rings is 3. The van der Waals surface area contributed by atoms with E-state index >= 15 is 0 Å². The number of ether oxygens (including phenoxy) is 8. The van der Waals surface area contributed by atoms with Gasteiger partial charge in [0.25, 0.3) is 0 Å². The van der Waals surface area contributed by atoms with E-state index in [4.69, 9.17) is 33.2 Å². The van der Waals surface area contributed by atoms with Gasteiger partial charge in [-0.15, -0.1) is 0 Å². The molecule has 1 heterocycles. The molecule has 11 aliphatic rings. The van der Waals surface area contributed by atoms with E-state index in [-0.39, 0.29) is 112 Å². The minimum Gasteiger partial charge on any atom is -0.748 e. The molecule has 3 aromatic carbocycles. The molecule has 10 unspecified atom stereocenters. The summed E-state index contributed by atoms with van der Waals surface area (Å²) in [4.78, 5) is 76.8. The van der Waals surface area contributed by atoms with Crippen molar-refractivity contribution in [1.82, 2.24) is 0 Å². The van der Waals surface area contributed by atoms with E-state index in [1.807, 2.05) is 69.2 Å². The number of hydrogen-bond donors (Lipinski definition) is 1. The van der Waals surface area contributed by atoms with Crippen molar-refractivity contribution < 1.29 is 97.9 Å². The lowest BCUT2D eigenvalue weighted by molar-refractivity contribution is -0.239. The largest absolute Gasteiger partial charge is 0.748 e. The van der Waals surface area contributed by atoms with Crippen LogP contribution in [0.2, 0.25) is 0 Å². The summed E-state index contributed by atoms with van der Waals surface area (Å²) in [5, 5.41) is 10.6. The SMILES string of the molecule is CC(C)(C)c1ccc([S+](c2ccccc2)c2ccc(C(C)(C)C)cc2)cc1.CCC(C)(C)C(=O)OC12CC3CC(C1)CC(C(=O)OC(CS(=O)(=O)[O-])C(F)(F)F)(C3)C2.CCC(C)(C)C(=O)OC12CC3CC(CC(O)(C3)C1)C2.CCC(C)(C)C(=O)OC1CCC2C(OCOCC(C)(C)C)CCC12.CCC(C)(C)C(=O)OC1COC(=O)C1. The molecule has 11 fully saturated rings. The van der Waals surface area contributed by atoms with Crippen LogP contribution in [-0.2, 0) is 98.5 Å². The number of aliphatic hydroxyl groups is 1. The number of rotatable bonds is 23. The molecule has 10 saturated carbocycles. The molecule has 1 aliphatic heterocycles. The lowest BCUT2D eigenvalue weighted by Gasteiger charge is -2.60. The van der Waals surface area contributed by atoms with Crippen LogP contribution in [0.1, 0.15) is 291 Å². The number of esters is 6. The Morgan fingerprint density at radius 1 is 0.548 bits per heavy atom. The summed E-state index contributed by atoms with van der Waals surface area (Å²) in [6.45, 7) is 44.2. The van der Waals surface area contributed by atoms with Gasteiger partial charge in [-0.2, -0.15) is 13.2 Å². The summed E-state index contributed by atoms with van der Waals surface area (Å²) in [5.74, 6) is -2.02. The second kappa shape index (κ2) is 36.8. The smallest absolute Gasteiger partial charge is 0.426 e. The predicted octanol–water partition coefficient (Wildman–Crippen LogP) is 19.6. The summed E-state index contributed by atoms with van der Waals surface area (Å²) in [7, 11) is -5.36. The fourth-order valence-corrected chi connectivity index (χ4v) is 21.0. The minimum atomic E-state index is -5.27. The number of fused-ring (bicyclic) bond motifs is 1. The minimum absolute atomic E-state index is 0.00100. The molecule has 10 atom stereocenters. The Morgan fingerprint density at radius 2 is 0.957 bits per heavy atom. The third-order valence-electron chi connectivity index (χ3n) is 26.0. The molecule has 115 heavy (non-hydrogen) atoms. The molecule has 646 valence electrons. The van der Waals surface area contributed by atoms with E-state index in [2.05, 4.69) is 146 Å². The van der Waals surface area contributed by atoms with E-state index in [1.165, 1.54) is 32.2 Å². The predicted molar refractivity (Wildman–Crippen MR) is 436 cm³/mol. The van der Waals surface area contributed by atoms with E-state index in [9.17, 15) is 60.0 Å². The Kier molecular flexibility index (Phi) is 30.3. The fraction of sp³-hybridized carbons (Fsp3) is 0.739. The van der Waals surface area contributed by atoms with Crippen molar-refractivity contribution >= 4 is 56.8 Å². The molecule has 0 aromatic heterocycles. The molecular formula is C92H137F3O18S2. The molecule has 18 nitrogen and oxygen atoms in total. The van der Waals surface area contributed by atoms with Crippen molar-refractivity contribution in [2.24, 2.45) is 68.0 Å². The highest BCUT2D eigenvalue weighted by Crippen LogP contribution is 2.64. The number of alkyl halides is 3. The third-order valence-corrected chi connectivity index (χ3v) is 28.9. The first kappa shape index (κ1) is 94.9. The van der Waals surface area contributed by atoms with Crippen LogP contribution in [0.15, 0.2) is 93.5 Å². The Balaban J connectivity index is 0.000000184. The lowest BCUT2D eigenvalue weighted by Crippen LogP contribution is -2.61. The van der Waals surface area contributed by atoms with Gasteiger partial charge in [-0.3, -0.25) is 28.8 Å². The number of hydrogen-bond acceptors (Lipinski definition) is 18. The highest BCUT2D eigenvalue weighted by molar-refractivity contribution is 7.97. The Morgan fingerprint density at radius 3 is 1.36 bits per heavy atom. The summed E-state index contributed by atoms with van der Waals surface area (Å²) in [6, 6.07) is 29.3. The number of halogens is 3. The zero-order valence-corrected chi connectivity index (χ0v) is 74.4. The second-order valence-electron chi connectivity index (χ2n) is 40.9. The normalized spacial score (nSPS) is 28.4. The van der Waals surface area contributed by atoms with Crippen molar-refractivity contribution in [2.75, 3.05) is 25.8 Å². The van der Waals surface area contributed by atoms with Crippen LogP contribution in [0.3, 0.4) is 0 Å². The van der Waals surface area contributed by atoms with Crippen LogP contribution in [0.4, 0.5) is 13.2 Å². The molecule has 3 aromatic rings. The maximum absolute atomic E-state index is 13.3. The monoisotopic (exact) mass is 1650 g/mol. The molecule has 0 amide bonds. The van der Waals surface area contributed by atoms with Crippen molar-refractivity contribution in [3.05, 3.63) is 90.0 Å². The number of carbonyl (C=O) groups is 6. The van der Waals surface area contributed by atoms with E-state index in [0.29, 0.717) is 82.0 Å². The Labute approximate surface area is 687 Å². The number of carbonyl (C=O) groups excluding carboxylic acids is 6. The average molecular weight is 1650 g/mol. The van der Waals surface area contributed by atoms with Gasteiger partial charge in [0.15, 0.2) is 14.7 Å². The van der Waals surface area contributed by atoms with Crippen LogP contribution in [0, 0.1) is 68.0 Å². The van der Waals surface area contributed by atoms with Crippen molar-refractivity contribution in [3.8, 4) is 0 Å². The first-order valence-electron chi connectivity index (χ1n) is 42.2. The van der Waals surface area contributed by atoms with Gasteiger partial charge in [-0.25, -0.2) is 8.42 Å². The van der Waals surface area contributed by atoms with Crippen LogP contribution in [0.5, 0.6) is 0 Å². The molecule has 23 heteroatoms. The van der Waals surface area contributed by atoms with Gasteiger partial charge in [0.2, 0.25) is 6.10 Å². The summed E-state index contributed by atoms with van der Waals surface area (Å²) in [6.07, 6.45) is 7.20. The maximum Gasteiger partial charge on any atom is 0.426 e. The van der Waals surface area contributed by atoms with Crippen molar-refractivity contribution in [1.29, 1.82) is 0 Å². The fourth-order valence-electron chi connectivity index (χ4n) is 18.3. The van der Waals surface area contributed by atoms with Crippen LogP contribution in [0.25, 0.3) is 0 Å². The van der Waals surface area contributed by atoms with Crippen LogP contribution >= 0.6 is 0 Å². The van der Waals surface area contributed by atoms with E-state index in [0.717, 1.165) is 70.6 Å². The van der Waals surface area contributed by atoms with Gasteiger partial charge in [-0.1, -0.05) is 132 Å². The van der Waals surface area contributed by atoms with Crippen LogP contribution < -0.4 is 0 Å². The van der Waals surface area contributed by atoms with E-state index < -0.39 is 73.0 Å². The molecule has 1 N–H and O–H groups in total. The molecule has 0 radical (unpaired) electrons. The molecule has 8 bridgehead atoms. The third kappa shape index (κ3) is 25.3. The van der Waals surface area contributed by atoms with Gasteiger partial charge >= 0.3 is 42.0 Å². The van der Waals surface area contributed by atoms with Gasteiger partial charge in [0.1, 0.15) is 36.8 Å². The van der Waals surface area contributed by atoms with Gasteiger partial charge < -0.3 is 47.6 Å². The molecule has 0 spiro atoms. The zero-order valence-electron chi connectivity index (χ0n) is 72.8. The lowest BCUT2D eigenvalue weighted by atomic mass is 9.48. The van der Waals surface area contributed by atoms with Gasteiger partial charge in [0.05, 0.1) is 78.6 Å². The standard InChI is InChI=1S/C26H31S.C20H29F3O7S.C20H36O4.C16H26O3.C10H16O4/c1-25(2,3)20-12-16-23(17-13-20)27(22-10-8-7-9-11-22)24-18-14-21(15-19-24)26(4,5)6;1-4-17(2,3)15(24)30-19-8-12-5-13(9-19)7-18(6-12,11-19)16(25)29-14(20(21,22)23)10-31(26,27)28;1-7-20(5,6)18(21)24-17-11-9-14-15(17)8-10-16(14)23-13-22-12-19(2,3)4;1-4-14(2,3)13(17)19-16-8-11-5-12(9-16)7-15(18,6-11)10-16;1-4-10(2,3)9(12)14-7-5-8(11)13-6-7/h7-19H,1-6H3;12-14H,4-11H2,1-3H3,(H,26,27,28);14-17H,7-13H2,1-6H3;11-12,18H,4-10H2,1-3H3;7H,4-6H2,1-3H3/q+1;;;;/p-1. The summed E-state index contributed by atoms with van der Waals surface area (Å²) >= 11 is 0. The average Bonchev–Trinajstić information content (AvgIpc) is 1.72. The van der Waals surface area contributed by atoms with Crippen molar-refractivity contribution in [3.63, 3.8) is 0 Å². The summed E-state index contributed by atoms with van der Waals surface area (Å²) in [5.41, 5.74) is -1.86. The molecular weight excluding hydrogens is 1510 g/mol. The first-order valence-corrected chi connectivity index (χ1v) is 45.0. The van der Waals surface area contributed by atoms with Crippen LogP contribution in [-0.4, -0.2) is 127 Å². The Bertz CT molecular complexity index is 3820. The highest BCUT2D eigenvalue weighted by Gasteiger charge is 2.65. The molecule has 1 saturated heterocycles.